The Balaban J connectivity index is 2.78. The average Bonchev–Trinajstić information content (AvgIpc) is 2.21. The molecule has 86 valence electrons. The predicted molar refractivity (Wildman–Crippen MR) is 73.3 cm³/mol. The molecule has 0 radical (unpaired) electrons. The van der Waals surface area contributed by atoms with E-state index in [9.17, 15) is 0 Å². The van der Waals surface area contributed by atoms with E-state index in [0.29, 0.717) is 0 Å². The lowest BCUT2D eigenvalue weighted by molar-refractivity contribution is 0.563. The zero-order valence-corrected chi connectivity index (χ0v) is 11.3. The van der Waals surface area contributed by atoms with Crippen LogP contribution >= 0.6 is 22.5 Å². The molecule has 0 aromatic heterocycles. The van der Waals surface area contributed by atoms with Crippen molar-refractivity contribution in [1.82, 2.24) is 0 Å². The summed E-state index contributed by atoms with van der Waals surface area (Å²) in [6.45, 7) is 2.28. The molecule has 0 nitrogen and oxygen atoms in total. The van der Waals surface area contributed by atoms with Gasteiger partial charge in [0.05, 0.1) is 0 Å². The van der Waals surface area contributed by atoms with Crippen molar-refractivity contribution in [3.8, 4) is 0 Å². The van der Waals surface area contributed by atoms with Gasteiger partial charge in [0.2, 0.25) is 0 Å². The Bertz CT molecular complexity index is 82.3. The largest absolute Gasteiger partial charge is 0.111 e. The van der Waals surface area contributed by atoms with E-state index < -0.39 is 0 Å². The van der Waals surface area contributed by atoms with Crippen molar-refractivity contribution in [1.29, 1.82) is 0 Å². The summed E-state index contributed by atoms with van der Waals surface area (Å²) in [4.78, 5) is 0. The predicted octanol–water partition coefficient (Wildman–Crippen LogP) is 5.49. The Labute approximate surface area is 99.4 Å². The first-order valence-electron chi connectivity index (χ1n) is 6.18. The van der Waals surface area contributed by atoms with Gasteiger partial charge in [0.15, 0.2) is 0 Å². The highest BCUT2D eigenvalue weighted by molar-refractivity contribution is 8.68. The first-order chi connectivity index (χ1) is 6.91. The minimum Gasteiger partial charge on any atom is -0.111 e. The normalized spacial score (nSPS) is 10.7. The quantitative estimate of drug-likeness (QED) is 0.280. The second-order valence-electron chi connectivity index (χ2n) is 4.02. The molecular formula is C12H26S2. The molecule has 0 rings (SSSR count). The van der Waals surface area contributed by atoms with E-state index in [1.165, 1.54) is 70.0 Å². The molecule has 0 spiro atoms. The first-order valence-corrected chi connectivity index (χ1v) is 8.22. The molecule has 0 unspecified atom stereocenters. The van der Waals surface area contributed by atoms with E-state index in [1.807, 2.05) is 0 Å². The van der Waals surface area contributed by atoms with Gasteiger partial charge in [-0.3, -0.25) is 0 Å². The number of rotatable bonds is 11. The van der Waals surface area contributed by atoms with Crippen LogP contribution < -0.4 is 0 Å². The highest BCUT2D eigenvalue weighted by atomic mass is 33.1. The molecule has 0 saturated heterocycles. The molecule has 0 aromatic rings. The van der Waals surface area contributed by atoms with Gasteiger partial charge >= 0.3 is 0 Å². The van der Waals surface area contributed by atoms with Crippen LogP contribution in [-0.2, 0) is 0 Å². The van der Waals surface area contributed by atoms with Gasteiger partial charge in [0.1, 0.15) is 0 Å². The third kappa shape index (κ3) is 12.7. The summed E-state index contributed by atoms with van der Waals surface area (Å²) in [6, 6.07) is 0. The molecule has 2 heteroatoms. The van der Waals surface area contributed by atoms with Gasteiger partial charge in [-0.05, 0) is 6.42 Å². The molecule has 0 N–H and O–H groups in total. The van der Waals surface area contributed by atoms with Gasteiger partial charge in [0, 0.05) is 5.75 Å². The van der Waals surface area contributed by atoms with Crippen molar-refractivity contribution in [2.75, 3.05) is 5.75 Å². The number of hydrogen-bond acceptors (Lipinski definition) is 2. The maximum atomic E-state index is 4.13. The van der Waals surface area contributed by atoms with Crippen LogP contribution in [0.2, 0.25) is 0 Å². The Morgan fingerprint density at radius 3 is 1.57 bits per heavy atom. The van der Waals surface area contributed by atoms with Crippen LogP contribution in [0.4, 0.5) is 0 Å². The van der Waals surface area contributed by atoms with Crippen LogP contribution in [0.3, 0.4) is 0 Å². The third-order valence-corrected chi connectivity index (χ3v) is 3.61. The van der Waals surface area contributed by atoms with Crippen LogP contribution in [0.1, 0.15) is 71.1 Å². The molecule has 0 saturated carbocycles. The molecule has 0 aliphatic rings. The van der Waals surface area contributed by atoms with Crippen LogP contribution in [0.5, 0.6) is 0 Å². The summed E-state index contributed by atoms with van der Waals surface area (Å²) >= 11 is 4.13. The maximum Gasteiger partial charge on any atom is 0.00345 e. The summed E-state index contributed by atoms with van der Waals surface area (Å²) < 4.78 is 0. The van der Waals surface area contributed by atoms with Gasteiger partial charge in [-0.25, -0.2) is 0 Å². The lowest BCUT2D eigenvalue weighted by Gasteiger charge is -2.01. The van der Waals surface area contributed by atoms with Gasteiger partial charge in [-0.2, -0.15) is 0 Å². The highest BCUT2D eigenvalue weighted by Gasteiger charge is 1.91. The third-order valence-electron chi connectivity index (χ3n) is 2.59. The van der Waals surface area contributed by atoms with Crippen LogP contribution in [0.25, 0.3) is 0 Å². The van der Waals surface area contributed by atoms with E-state index in [0.717, 1.165) is 0 Å². The lowest BCUT2D eigenvalue weighted by atomic mass is 10.1. The van der Waals surface area contributed by atoms with E-state index >= 15 is 0 Å². The first kappa shape index (κ1) is 14.7. The number of thiol groups is 1. The van der Waals surface area contributed by atoms with Crippen molar-refractivity contribution in [3.63, 3.8) is 0 Å². The minimum atomic E-state index is 1.22. The average molecular weight is 234 g/mol. The Kier molecular flexibility index (Phi) is 14.4. The SMILES string of the molecule is CCCCCCCCCCCCSS. The van der Waals surface area contributed by atoms with Gasteiger partial charge in [-0.15, -0.1) is 11.7 Å². The molecule has 14 heavy (non-hydrogen) atoms. The molecule has 0 heterocycles. The van der Waals surface area contributed by atoms with Gasteiger partial charge < -0.3 is 0 Å². The van der Waals surface area contributed by atoms with Crippen LogP contribution in [-0.4, -0.2) is 5.75 Å². The number of hydrogen-bond donors (Lipinski definition) is 1. The van der Waals surface area contributed by atoms with Gasteiger partial charge in [0.25, 0.3) is 0 Å². The molecule has 0 aliphatic heterocycles. The van der Waals surface area contributed by atoms with Crippen LogP contribution in [0.15, 0.2) is 0 Å². The van der Waals surface area contributed by atoms with Gasteiger partial charge in [-0.1, -0.05) is 75.5 Å². The summed E-state index contributed by atoms with van der Waals surface area (Å²) in [6.07, 6.45) is 14.3. The second-order valence-corrected chi connectivity index (χ2v) is 5.46. The topological polar surface area (TPSA) is 0 Å². The smallest absolute Gasteiger partial charge is 0.00345 e. The van der Waals surface area contributed by atoms with E-state index in [-0.39, 0.29) is 0 Å². The minimum absolute atomic E-state index is 1.22. The standard InChI is InChI=1S/C12H26S2/c1-2-3-4-5-6-7-8-9-10-11-12-14-13/h13H,2-12H2,1H3. The fourth-order valence-corrected chi connectivity index (χ4v) is 2.37. The van der Waals surface area contributed by atoms with E-state index in [2.05, 4.69) is 18.6 Å². The summed E-state index contributed by atoms with van der Waals surface area (Å²) in [7, 11) is 1.67. The van der Waals surface area contributed by atoms with Crippen molar-refractivity contribution in [2.24, 2.45) is 0 Å². The Morgan fingerprint density at radius 1 is 0.714 bits per heavy atom. The molecule has 0 amide bonds. The molecule has 0 aromatic carbocycles. The Morgan fingerprint density at radius 2 is 1.14 bits per heavy atom. The summed E-state index contributed by atoms with van der Waals surface area (Å²) in [5.74, 6) is 1.22. The molecule has 0 bridgehead atoms. The monoisotopic (exact) mass is 234 g/mol. The zero-order chi connectivity index (χ0) is 10.5. The Hall–Kier alpha value is 0.700. The van der Waals surface area contributed by atoms with Crippen molar-refractivity contribution in [3.05, 3.63) is 0 Å². The van der Waals surface area contributed by atoms with Crippen molar-refractivity contribution < 1.29 is 0 Å². The summed E-state index contributed by atoms with van der Waals surface area (Å²) in [5.41, 5.74) is 0. The maximum absolute atomic E-state index is 4.13. The summed E-state index contributed by atoms with van der Waals surface area (Å²) in [5, 5.41) is 0. The van der Waals surface area contributed by atoms with Crippen LogP contribution in [0, 0.1) is 0 Å². The van der Waals surface area contributed by atoms with Crippen molar-refractivity contribution in [2.45, 2.75) is 71.1 Å². The molecule has 0 aliphatic carbocycles. The van der Waals surface area contributed by atoms with Crippen molar-refractivity contribution >= 4 is 22.5 Å². The molecular weight excluding hydrogens is 208 g/mol. The molecule has 0 fully saturated rings. The fraction of sp³-hybridized carbons (Fsp3) is 1.00. The molecule has 0 atom stereocenters. The lowest BCUT2D eigenvalue weighted by Crippen LogP contribution is -1.82. The van der Waals surface area contributed by atoms with E-state index in [4.69, 9.17) is 0 Å². The fourth-order valence-electron chi connectivity index (χ4n) is 1.65. The zero-order valence-electron chi connectivity index (χ0n) is 9.63. The second kappa shape index (κ2) is 13.7. The van der Waals surface area contributed by atoms with E-state index in [1.54, 1.807) is 10.8 Å². The number of unbranched alkanes of at least 4 members (excludes halogenated alkanes) is 9. The highest BCUT2D eigenvalue weighted by Crippen LogP contribution is 2.13.